The molecule has 0 bridgehead atoms. The first-order valence-corrected chi connectivity index (χ1v) is 9.14. The van der Waals surface area contributed by atoms with Gasteiger partial charge in [0.15, 0.2) is 11.5 Å². The molecule has 0 aliphatic carbocycles. The third kappa shape index (κ3) is 3.45. The van der Waals surface area contributed by atoms with E-state index in [0.717, 1.165) is 23.5 Å². The Hall–Kier alpha value is -3.07. The average molecular weight is 357 g/mol. The highest BCUT2D eigenvalue weighted by Crippen LogP contribution is 2.46. The second-order valence-corrected chi connectivity index (χ2v) is 7.37. The molecule has 3 heteroatoms. The van der Waals surface area contributed by atoms with Crippen molar-refractivity contribution >= 4 is 11.6 Å². The summed E-state index contributed by atoms with van der Waals surface area (Å²) in [6.07, 6.45) is 6.69. The van der Waals surface area contributed by atoms with Crippen molar-refractivity contribution in [3.63, 3.8) is 0 Å². The lowest BCUT2D eigenvalue weighted by Gasteiger charge is -2.17. The number of benzene rings is 2. The third-order valence-corrected chi connectivity index (χ3v) is 4.82. The number of aromatic nitrogens is 1. The van der Waals surface area contributed by atoms with Crippen LogP contribution >= 0.6 is 0 Å². The molecule has 0 amide bonds. The second kappa shape index (κ2) is 6.92. The Morgan fingerprint density at radius 1 is 1.04 bits per heavy atom. The standard InChI is InChI=1S/C24H23NO2/c1-24(2)16-21-19(9-10-22(26-3)23(21)27-24)20(18-7-5-4-6-8-18)15-17-11-13-25-14-12-17/h4-15H,16H2,1-3H3. The lowest BCUT2D eigenvalue weighted by atomic mass is 9.89. The van der Waals surface area contributed by atoms with Gasteiger partial charge in [-0.25, -0.2) is 0 Å². The predicted molar refractivity (Wildman–Crippen MR) is 109 cm³/mol. The van der Waals surface area contributed by atoms with Gasteiger partial charge < -0.3 is 9.47 Å². The zero-order valence-corrected chi connectivity index (χ0v) is 15.9. The van der Waals surface area contributed by atoms with E-state index in [0.29, 0.717) is 0 Å². The van der Waals surface area contributed by atoms with E-state index in [1.54, 1.807) is 7.11 Å². The third-order valence-electron chi connectivity index (χ3n) is 4.82. The molecule has 136 valence electrons. The van der Waals surface area contributed by atoms with E-state index in [-0.39, 0.29) is 5.60 Å². The van der Waals surface area contributed by atoms with Crippen LogP contribution in [0.5, 0.6) is 11.5 Å². The quantitative estimate of drug-likeness (QED) is 0.627. The van der Waals surface area contributed by atoms with E-state index < -0.39 is 0 Å². The van der Waals surface area contributed by atoms with Gasteiger partial charge in [0.1, 0.15) is 5.60 Å². The van der Waals surface area contributed by atoms with Gasteiger partial charge >= 0.3 is 0 Å². The minimum atomic E-state index is -0.246. The summed E-state index contributed by atoms with van der Waals surface area (Å²) in [5.74, 6) is 1.65. The number of hydrogen-bond acceptors (Lipinski definition) is 3. The van der Waals surface area contributed by atoms with Gasteiger partial charge in [0, 0.05) is 24.4 Å². The van der Waals surface area contributed by atoms with Crippen molar-refractivity contribution in [2.45, 2.75) is 25.9 Å². The van der Waals surface area contributed by atoms with E-state index in [1.807, 2.05) is 36.7 Å². The van der Waals surface area contributed by atoms with Crippen LogP contribution in [0.4, 0.5) is 0 Å². The van der Waals surface area contributed by atoms with Gasteiger partial charge in [-0.3, -0.25) is 4.98 Å². The zero-order valence-electron chi connectivity index (χ0n) is 15.9. The van der Waals surface area contributed by atoms with Crippen molar-refractivity contribution in [1.29, 1.82) is 0 Å². The molecule has 3 aromatic rings. The molecule has 1 aromatic heterocycles. The Bertz CT molecular complexity index is 976. The van der Waals surface area contributed by atoms with E-state index in [4.69, 9.17) is 9.47 Å². The van der Waals surface area contributed by atoms with Crippen LogP contribution in [0, 0.1) is 0 Å². The summed E-state index contributed by atoms with van der Waals surface area (Å²) >= 11 is 0. The summed E-state index contributed by atoms with van der Waals surface area (Å²) in [6.45, 7) is 4.23. The first-order chi connectivity index (χ1) is 13.1. The minimum absolute atomic E-state index is 0.246. The molecular weight excluding hydrogens is 334 g/mol. The Kier molecular flexibility index (Phi) is 4.44. The van der Waals surface area contributed by atoms with Gasteiger partial charge in [0.25, 0.3) is 0 Å². The maximum atomic E-state index is 6.23. The molecule has 0 atom stereocenters. The minimum Gasteiger partial charge on any atom is -0.493 e. The topological polar surface area (TPSA) is 31.4 Å². The number of nitrogens with zero attached hydrogens (tertiary/aromatic N) is 1. The highest BCUT2D eigenvalue weighted by molar-refractivity contribution is 5.93. The highest BCUT2D eigenvalue weighted by Gasteiger charge is 2.35. The molecule has 0 spiro atoms. The highest BCUT2D eigenvalue weighted by atomic mass is 16.5. The van der Waals surface area contributed by atoms with Gasteiger partial charge in [-0.05, 0) is 60.4 Å². The lowest BCUT2D eigenvalue weighted by Crippen LogP contribution is -2.24. The molecule has 0 saturated carbocycles. The van der Waals surface area contributed by atoms with Crippen LogP contribution in [-0.4, -0.2) is 17.7 Å². The van der Waals surface area contributed by atoms with Gasteiger partial charge in [0.05, 0.1) is 7.11 Å². The molecule has 27 heavy (non-hydrogen) atoms. The largest absolute Gasteiger partial charge is 0.493 e. The number of fused-ring (bicyclic) bond motifs is 1. The molecule has 0 unspecified atom stereocenters. The number of ether oxygens (including phenoxy) is 2. The lowest BCUT2D eigenvalue weighted by molar-refractivity contribution is 0.134. The van der Waals surface area contributed by atoms with Gasteiger partial charge in [-0.15, -0.1) is 0 Å². The maximum Gasteiger partial charge on any atom is 0.165 e. The first kappa shape index (κ1) is 17.3. The van der Waals surface area contributed by atoms with Crippen LogP contribution in [0.3, 0.4) is 0 Å². The summed E-state index contributed by atoms with van der Waals surface area (Å²) in [7, 11) is 1.69. The fourth-order valence-corrected chi connectivity index (χ4v) is 3.61. The first-order valence-electron chi connectivity index (χ1n) is 9.14. The summed E-state index contributed by atoms with van der Waals surface area (Å²) < 4.78 is 11.8. The number of pyridine rings is 1. The van der Waals surface area contributed by atoms with Crippen LogP contribution < -0.4 is 9.47 Å². The number of methoxy groups -OCH3 is 1. The van der Waals surface area contributed by atoms with Crippen molar-refractivity contribution in [3.8, 4) is 11.5 Å². The summed E-state index contributed by atoms with van der Waals surface area (Å²) in [4.78, 5) is 4.13. The summed E-state index contributed by atoms with van der Waals surface area (Å²) in [5.41, 5.74) is 5.59. The molecule has 2 aromatic carbocycles. The van der Waals surface area contributed by atoms with Crippen LogP contribution in [0.1, 0.15) is 36.1 Å². The van der Waals surface area contributed by atoms with Gasteiger partial charge in [-0.2, -0.15) is 0 Å². The molecule has 2 heterocycles. The molecule has 0 radical (unpaired) electrons. The normalized spacial score (nSPS) is 15.1. The predicted octanol–water partition coefficient (Wildman–Crippen LogP) is 5.39. The number of hydrogen-bond donors (Lipinski definition) is 0. The average Bonchev–Trinajstić information content (AvgIpc) is 3.02. The van der Waals surface area contributed by atoms with E-state index in [2.05, 4.69) is 55.2 Å². The molecular formula is C24H23NO2. The summed E-state index contributed by atoms with van der Waals surface area (Å²) in [6, 6.07) is 18.6. The molecule has 1 aliphatic rings. The Labute approximate surface area is 160 Å². The Balaban J connectivity index is 1.93. The molecule has 3 nitrogen and oxygen atoms in total. The van der Waals surface area contributed by atoms with Crippen LogP contribution in [0.2, 0.25) is 0 Å². The van der Waals surface area contributed by atoms with Crippen LogP contribution in [0.15, 0.2) is 67.0 Å². The van der Waals surface area contributed by atoms with Crippen molar-refractivity contribution in [2.24, 2.45) is 0 Å². The molecule has 0 fully saturated rings. The van der Waals surface area contributed by atoms with Crippen LogP contribution in [0.25, 0.3) is 11.6 Å². The fourth-order valence-electron chi connectivity index (χ4n) is 3.61. The molecule has 0 saturated heterocycles. The van der Waals surface area contributed by atoms with Crippen molar-refractivity contribution < 1.29 is 9.47 Å². The van der Waals surface area contributed by atoms with Crippen molar-refractivity contribution in [1.82, 2.24) is 4.98 Å². The SMILES string of the molecule is COc1ccc(C(=Cc2ccncc2)c2ccccc2)c2c1OC(C)(C)C2. The van der Waals surface area contributed by atoms with Gasteiger partial charge in [0.2, 0.25) is 0 Å². The maximum absolute atomic E-state index is 6.23. The second-order valence-electron chi connectivity index (χ2n) is 7.37. The van der Waals surface area contributed by atoms with E-state index in [1.165, 1.54) is 22.3 Å². The van der Waals surface area contributed by atoms with Gasteiger partial charge in [-0.1, -0.05) is 36.4 Å². The number of rotatable bonds is 4. The van der Waals surface area contributed by atoms with Crippen molar-refractivity contribution in [2.75, 3.05) is 7.11 Å². The van der Waals surface area contributed by atoms with E-state index in [9.17, 15) is 0 Å². The summed E-state index contributed by atoms with van der Waals surface area (Å²) in [5, 5.41) is 0. The zero-order chi connectivity index (χ0) is 18.9. The monoisotopic (exact) mass is 357 g/mol. The fraction of sp³-hybridized carbons (Fsp3) is 0.208. The molecule has 0 N–H and O–H groups in total. The van der Waals surface area contributed by atoms with Crippen molar-refractivity contribution in [3.05, 3.63) is 89.2 Å². The van der Waals surface area contributed by atoms with Crippen LogP contribution in [-0.2, 0) is 6.42 Å². The molecule has 1 aliphatic heterocycles. The van der Waals surface area contributed by atoms with E-state index >= 15 is 0 Å². The molecule has 4 rings (SSSR count). The Morgan fingerprint density at radius 3 is 2.48 bits per heavy atom. The smallest absolute Gasteiger partial charge is 0.165 e. The Morgan fingerprint density at radius 2 is 1.78 bits per heavy atom.